The molecule has 28 heavy (non-hydrogen) atoms. The standard InChI is InChI=1S/C20H24N4OS3/c1-12(2)23-20(25)24(13(3)4)22-19(21-23)14-11-17(15-7-5-9-26-15)28-18(14)16-8-6-10-27-16/h5-13,19,21-22H,1-4H3. The van der Waals surface area contributed by atoms with Crippen LogP contribution in [0.4, 0.5) is 4.79 Å². The van der Waals surface area contributed by atoms with Crippen LogP contribution in [0.5, 0.6) is 0 Å². The molecule has 1 aliphatic heterocycles. The molecule has 0 atom stereocenters. The van der Waals surface area contributed by atoms with Gasteiger partial charge in [0.05, 0.1) is 4.88 Å². The second-order valence-electron chi connectivity index (χ2n) is 7.25. The number of carbonyl (C=O) groups excluding carboxylic acids is 1. The molecule has 0 bridgehead atoms. The molecule has 8 heteroatoms. The SMILES string of the molecule is CC(C)N1NC(c2cc(-c3cccs3)sc2-c2cccs2)NN(C(C)C)C1=O. The topological polar surface area (TPSA) is 47.6 Å². The van der Waals surface area contributed by atoms with Gasteiger partial charge in [-0.15, -0.1) is 34.0 Å². The van der Waals surface area contributed by atoms with Gasteiger partial charge in [0.1, 0.15) is 6.17 Å². The van der Waals surface area contributed by atoms with Crippen molar-refractivity contribution in [1.82, 2.24) is 20.9 Å². The number of thiophene rings is 3. The van der Waals surface area contributed by atoms with Crippen molar-refractivity contribution in [2.45, 2.75) is 45.9 Å². The Morgan fingerprint density at radius 1 is 0.893 bits per heavy atom. The summed E-state index contributed by atoms with van der Waals surface area (Å²) in [5.74, 6) is 0. The molecule has 2 N–H and O–H groups in total. The fourth-order valence-electron chi connectivity index (χ4n) is 3.17. The molecule has 148 valence electrons. The summed E-state index contributed by atoms with van der Waals surface area (Å²) in [6.07, 6.45) is -0.176. The van der Waals surface area contributed by atoms with Gasteiger partial charge in [0.2, 0.25) is 0 Å². The number of nitrogens with one attached hydrogen (secondary N) is 2. The average molecular weight is 433 g/mol. The minimum atomic E-state index is -0.176. The van der Waals surface area contributed by atoms with Crippen LogP contribution in [0, 0.1) is 0 Å². The molecule has 3 aromatic heterocycles. The number of nitrogens with zero attached hydrogens (tertiary/aromatic N) is 2. The van der Waals surface area contributed by atoms with E-state index >= 15 is 0 Å². The summed E-state index contributed by atoms with van der Waals surface area (Å²) in [5, 5.41) is 7.66. The van der Waals surface area contributed by atoms with Gasteiger partial charge in [0.15, 0.2) is 0 Å². The van der Waals surface area contributed by atoms with E-state index in [0.717, 1.165) is 0 Å². The van der Waals surface area contributed by atoms with Crippen LogP contribution in [0.2, 0.25) is 0 Å². The second-order valence-corrected chi connectivity index (χ2v) is 10.2. The Hall–Kier alpha value is -1.71. The van der Waals surface area contributed by atoms with Gasteiger partial charge >= 0.3 is 6.03 Å². The Bertz CT molecular complexity index is 911. The third-order valence-corrected chi connectivity index (χ3v) is 7.83. The minimum Gasteiger partial charge on any atom is -0.254 e. The molecule has 2 amide bonds. The van der Waals surface area contributed by atoms with E-state index in [9.17, 15) is 4.79 Å². The molecule has 0 saturated carbocycles. The van der Waals surface area contributed by atoms with E-state index < -0.39 is 0 Å². The minimum absolute atomic E-state index is 0.0485. The number of rotatable bonds is 5. The van der Waals surface area contributed by atoms with Gasteiger partial charge < -0.3 is 0 Å². The van der Waals surface area contributed by atoms with Crippen molar-refractivity contribution in [2.24, 2.45) is 0 Å². The van der Waals surface area contributed by atoms with E-state index in [2.05, 4.69) is 51.9 Å². The molecular weight excluding hydrogens is 408 g/mol. The molecule has 1 saturated heterocycles. The Balaban J connectivity index is 1.77. The fourth-order valence-corrected chi connectivity index (χ4v) is 6.07. The Morgan fingerprint density at radius 3 is 1.96 bits per heavy atom. The molecule has 1 fully saturated rings. The molecule has 0 radical (unpaired) electrons. The van der Waals surface area contributed by atoms with Crippen LogP contribution in [0.1, 0.15) is 39.4 Å². The van der Waals surface area contributed by atoms with E-state index in [4.69, 9.17) is 0 Å². The molecule has 0 unspecified atom stereocenters. The van der Waals surface area contributed by atoms with Crippen molar-refractivity contribution in [3.05, 3.63) is 46.7 Å². The van der Waals surface area contributed by atoms with E-state index in [1.54, 1.807) is 32.7 Å². The van der Waals surface area contributed by atoms with Crippen molar-refractivity contribution in [3.8, 4) is 19.5 Å². The maximum absolute atomic E-state index is 12.8. The highest BCUT2D eigenvalue weighted by molar-refractivity contribution is 7.26. The van der Waals surface area contributed by atoms with Crippen LogP contribution < -0.4 is 10.9 Å². The summed E-state index contributed by atoms with van der Waals surface area (Å²) in [5.41, 5.74) is 7.99. The zero-order chi connectivity index (χ0) is 19.8. The highest BCUT2D eigenvalue weighted by Crippen LogP contribution is 2.43. The van der Waals surface area contributed by atoms with E-state index in [0.29, 0.717) is 0 Å². The van der Waals surface area contributed by atoms with Crippen molar-refractivity contribution in [1.29, 1.82) is 0 Å². The number of hydrogen-bond acceptors (Lipinski definition) is 6. The van der Waals surface area contributed by atoms with Gasteiger partial charge in [0.25, 0.3) is 0 Å². The third-order valence-electron chi connectivity index (χ3n) is 4.56. The normalized spacial score (nSPS) is 16.0. The van der Waals surface area contributed by atoms with Crippen LogP contribution in [-0.4, -0.2) is 28.1 Å². The lowest BCUT2D eigenvalue weighted by Crippen LogP contribution is -2.67. The Labute approximate surface area is 177 Å². The summed E-state index contributed by atoms with van der Waals surface area (Å²) in [7, 11) is 0. The average Bonchev–Trinajstić information content (AvgIpc) is 3.40. The third kappa shape index (κ3) is 3.62. The first-order valence-corrected chi connectivity index (χ1v) is 11.9. The fraction of sp³-hybridized carbons (Fsp3) is 0.350. The molecule has 4 rings (SSSR count). The summed E-state index contributed by atoms with van der Waals surface area (Å²) in [6, 6.07) is 10.8. The molecule has 0 aliphatic carbocycles. The highest BCUT2D eigenvalue weighted by atomic mass is 32.1. The predicted octanol–water partition coefficient (Wildman–Crippen LogP) is 5.77. The second kappa shape index (κ2) is 7.96. The molecular formula is C20H24N4OS3. The number of urea groups is 1. The van der Waals surface area contributed by atoms with E-state index in [1.165, 1.54) is 25.1 Å². The van der Waals surface area contributed by atoms with Gasteiger partial charge in [-0.3, -0.25) is 10.0 Å². The molecule has 1 aliphatic rings. The van der Waals surface area contributed by atoms with Crippen LogP contribution in [0.3, 0.4) is 0 Å². The number of carbonyl (C=O) groups is 1. The summed E-state index contributed by atoms with van der Waals surface area (Å²) >= 11 is 5.30. The molecule has 4 heterocycles. The Kier molecular flexibility index (Phi) is 5.57. The lowest BCUT2D eigenvalue weighted by Gasteiger charge is -2.44. The van der Waals surface area contributed by atoms with Crippen molar-refractivity contribution >= 4 is 40.0 Å². The van der Waals surface area contributed by atoms with Gasteiger partial charge in [-0.05, 0) is 56.7 Å². The number of amides is 2. The zero-order valence-corrected chi connectivity index (χ0v) is 18.8. The summed E-state index contributed by atoms with van der Waals surface area (Å²) in [4.78, 5) is 17.8. The lowest BCUT2D eigenvalue weighted by molar-refractivity contribution is 0.00405. The van der Waals surface area contributed by atoms with Crippen molar-refractivity contribution in [3.63, 3.8) is 0 Å². The largest absolute Gasteiger partial charge is 0.349 e. The number of hydrazine groups is 2. The highest BCUT2D eigenvalue weighted by Gasteiger charge is 2.36. The molecule has 5 nitrogen and oxygen atoms in total. The van der Waals surface area contributed by atoms with Crippen LogP contribution in [0.25, 0.3) is 19.5 Å². The summed E-state index contributed by atoms with van der Waals surface area (Å²) < 4.78 is 0. The first-order valence-electron chi connectivity index (χ1n) is 9.32. The van der Waals surface area contributed by atoms with E-state index in [-0.39, 0.29) is 24.3 Å². The maximum atomic E-state index is 12.8. The molecule has 3 aromatic rings. The monoisotopic (exact) mass is 432 g/mol. The van der Waals surface area contributed by atoms with Crippen LogP contribution in [-0.2, 0) is 0 Å². The first kappa shape index (κ1) is 19.6. The first-order chi connectivity index (χ1) is 13.5. The van der Waals surface area contributed by atoms with Crippen molar-refractivity contribution in [2.75, 3.05) is 0 Å². The van der Waals surface area contributed by atoms with Crippen LogP contribution in [0.15, 0.2) is 41.1 Å². The van der Waals surface area contributed by atoms with Gasteiger partial charge in [-0.2, -0.15) is 0 Å². The number of hydrogen-bond donors (Lipinski definition) is 2. The Morgan fingerprint density at radius 2 is 1.46 bits per heavy atom. The maximum Gasteiger partial charge on any atom is 0.349 e. The summed E-state index contributed by atoms with van der Waals surface area (Å²) in [6.45, 7) is 8.10. The molecule has 0 aromatic carbocycles. The smallest absolute Gasteiger partial charge is 0.254 e. The van der Waals surface area contributed by atoms with Crippen molar-refractivity contribution < 1.29 is 4.79 Å². The lowest BCUT2D eigenvalue weighted by atomic mass is 10.1. The van der Waals surface area contributed by atoms with Crippen LogP contribution >= 0.6 is 34.0 Å². The van der Waals surface area contributed by atoms with Gasteiger partial charge in [0, 0.05) is 32.3 Å². The zero-order valence-electron chi connectivity index (χ0n) is 16.3. The molecule has 0 spiro atoms. The van der Waals surface area contributed by atoms with Gasteiger partial charge in [-0.25, -0.2) is 15.6 Å². The van der Waals surface area contributed by atoms with Gasteiger partial charge in [-0.1, -0.05) is 12.1 Å². The quantitative estimate of drug-likeness (QED) is 0.538. The predicted molar refractivity (Wildman–Crippen MR) is 119 cm³/mol. The van der Waals surface area contributed by atoms with E-state index in [1.807, 2.05) is 39.0 Å².